The molecule has 11 heteroatoms. The molecule has 1 amide bonds. The van der Waals surface area contributed by atoms with Crippen LogP contribution in [0.3, 0.4) is 0 Å². The van der Waals surface area contributed by atoms with Gasteiger partial charge in [0.25, 0.3) is 0 Å². The van der Waals surface area contributed by atoms with Crippen molar-refractivity contribution >= 4 is 95.5 Å². The quantitative estimate of drug-likeness (QED) is 0.294. The summed E-state index contributed by atoms with van der Waals surface area (Å²) in [7, 11) is -4.44. The fourth-order valence-corrected chi connectivity index (χ4v) is 5.75. The first-order chi connectivity index (χ1) is 10.0. The molecule has 1 N–H and O–H groups in total. The Bertz CT molecular complexity index is 719. The Morgan fingerprint density at radius 3 is 2.36 bits per heavy atom. The summed E-state index contributed by atoms with van der Waals surface area (Å²) in [6.07, 6.45) is 0. The summed E-state index contributed by atoms with van der Waals surface area (Å²) in [5.74, 6) is -1.82. The van der Waals surface area contributed by atoms with Crippen molar-refractivity contribution in [2.24, 2.45) is 0 Å². The highest BCUT2D eigenvalue weighted by Crippen LogP contribution is 2.32. The molecule has 1 rings (SSSR count). The number of benzene rings is 1. The summed E-state index contributed by atoms with van der Waals surface area (Å²) in [4.78, 5) is 23.3. The molecule has 0 saturated carbocycles. The molecule has 0 aliphatic heterocycles. The number of carbonyl (C=O) groups excluding carboxylic acids is 2. The smallest absolute Gasteiger partial charge is 0.340 e. The number of ether oxygens (including phenoxy) is 1. The summed E-state index contributed by atoms with van der Waals surface area (Å²) < 4.78 is 38.2. The van der Waals surface area contributed by atoms with Gasteiger partial charge in [-0.25, -0.2) is 13.2 Å². The minimum absolute atomic E-state index is 0.216. The van der Waals surface area contributed by atoms with E-state index in [4.69, 9.17) is 4.74 Å². The van der Waals surface area contributed by atoms with Crippen molar-refractivity contribution < 1.29 is 27.3 Å². The molecule has 0 fully saturated rings. The first-order valence-electron chi connectivity index (χ1n) is 5.58. The summed E-state index contributed by atoms with van der Waals surface area (Å²) >= 11 is 5.87. The van der Waals surface area contributed by atoms with Gasteiger partial charge in [-0.05, 0) is 73.8 Å². The fourth-order valence-electron chi connectivity index (χ4n) is 1.38. The lowest BCUT2D eigenvalue weighted by molar-refractivity contribution is -0.114. The molecule has 0 saturated heterocycles. The number of nitrogens with one attached hydrogen (secondary N) is 1. The van der Waals surface area contributed by atoms with Gasteiger partial charge in [0.05, 0.1) is 30.7 Å². The maximum Gasteiger partial charge on any atom is 0.340 e. The maximum absolute atomic E-state index is 12.1. The van der Waals surface area contributed by atoms with Gasteiger partial charge >= 0.3 is 5.97 Å². The van der Waals surface area contributed by atoms with Crippen LogP contribution in [-0.2, 0) is 19.6 Å². The van der Waals surface area contributed by atoms with Crippen LogP contribution in [0.15, 0.2) is 6.07 Å². The van der Waals surface area contributed by atoms with E-state index in [-0.39, 0.29) is 11.5 Å². The fraction of sp³-hybridized carbons (Fsp3) is 0.273. The Kier molecular flexibility index (Phi) is 7.74. The monoisotopic (exact) mass is 664 g/mol. The number of rotatable bonds is 5. The third-order valence-corrected chi connectivity index (χ3v) is 5.69. The largest absolute Gasteiger partial charge is 0.748 e. The van der Waals surface area contributed by atoms with E-state index >= 15 is 0 Å². The summed E-state index contributed by atoms with van der Waals surface area (Å²) in [5.41, 5.74) is 0.700. The van der Waals surface area contributed by atoms with Crippen LogP contribution in [0.4, 0.5) is 5.69 Å². The van der Waals surface area contributed by atoms with E-state index < -0.39 is 28.4 Å². The van der Waals surface area contributed by atoms with Gasteiger partial charge in [0.2, 0.25) is 5.91 Å². The van der Waals surface area contributed by atoms with Gasteiger partial charge in [0, 0.05) is 14.1 Å². The minimum atomic E-state index is -4.44. The average Bonchev–Trinajstić information content (AvgIpc) is 2.32. The third kappa shape index (κ3) is 6.04. The summed E-state index contributed by atoms with van der Waals surface area (Å²) in [6.45, 7) is 0.833. The Hall–Kier alpha value is 0.260. The third-order valence-electron chi connectivity index (χ3n) is 2.24. The van der Waals surface area contributed by atoms with Crippen LogP contribution in [0.5, 0.6) is 0 Å². The zero-order chi connectivity index (χ0) is 17.1. The standard InChI is InChI=1S/C11H10I3NO6S/c1-5(16)15-10-7(13)4-6(12)8(9(10)14)11(17)21-2-3-22(18,19)20/h4H,2-3H2,1H3,(H,15,16)(H,18,19,20)/p-1. The highest BCUT2D eigenvalue weighted by atomic mass is 127. The van der Waals surface area contributed by atoms with Crippen molar-refractivity contribution in [1.29, 1.82) is 0 Å². The molecular formula is C11H9I3NO6S-. The van der Waals surface area contributed by atoms with Crippen molar-refractivity contribution in [1.82, 2.24) is 0 Å². The van der Waals surface area contributed by atoms with Gasteiger partial charge in [-0.3, -0.25) is 4.79 Å². The Morgan fingerprint density at radius 2 is 1.86 bits per heavy atom. The molecule has 0 aliphatic carbocycles. The SMILES string of the molecule is CC(=O)Nc1c(I)cc(I)c(C(=O)OCCS(=O)(=O)[O-])c1I. The molecule has 0 unspecified atom stereocenters. The Labute approximate surface area is 168 Å². The van der Waals surface area contributed by atoms with Crippen LogP contribution in [0.25, 0.3) is 0 Å². The highest BCUT2D eigenvalue weighted by Gasteiger charge is 2.21. The zero-order valence-electron chi connectivity index (χ0n) is 11.0. The molecule has 1 aromatic rings. The van der Waals surface area contributed by atoms with E-state index in [0.29, 0.717) is 12.8 Å². The van der Waals surface area contributed by atoms with Gasteiger partial charge in [-0.15, -0.1) is 0 Å². The normalized spacial score (nSPS) is 11.1. The predicted octanol–water partition coefficient (Wildman–Crippen LogP) is 2.16. The van der Waals surface area contributed by atoms with E-state index in [2.05, 4.69) is 5.32 Å². The van der Waals surface area contributed by atoms with Crippen LogP contribution < -0.4 is 5.32 Å². The Morgan fingerprint density at radius 1 is 1.27 bits per heavy atom. The molecule has 0 aromatic heterocycles. The zero-order valence-corrected chi connectivity index (χ0v) is 18.3. The molecule has 0 atom stereocenters. The second-order valence-corrected chi connectivity index (χ2v) is 8.91. The van der Waals surface area contributed by atoms with Crippen molar-refractivity contribution in [2.45, 2.75) is 6.92 Å². The molecule has 0 heterocycles. The maximum atomic E-state index is 12.1. The molecule has 22 heavy (non-hydrogen) atoms. The van der Waals surface area contributed by atoms with E-state index in [0.717, 1.165) is 3.57 Å². The lowest BCUT2D eigenvalue weighted by Gasteiger charge is -2.14. The predicted molar refractivity (Wildman–Crippen MR) is 104 cm³/mol. The van der Waals surface area contributed by atoms with Gasteiger partial charge in [0.15, 0.2) is 0 Å². The van der Waals surface area contributed by atoms with Gasteiger partial charge in [-0.2, -0.15) is 0 Å². The van der Waals surface area contributed by atoms with E-state index in [1.165, 1.54) is 6.92 Å². The molecule has 0 aliphatic rings. The van der Waals surface area contributed by atoms with Gasteiger partial charge < -0.3 is 14.6 Å². The number of amides is 1. The van der Waals surface area contributed by atoms with Gasteiger partial charge in [0.1, 0.15) is 6.61 Å². The second kappa shape index (κ2) is 8.39. The van der Waals surface area contributed by atoms with E-state index in [1.807, 2.05) is 67.8 Å². The molecule has 0 radical (unpaired) electrons. The van der Waals surface area contributed by atoms with Crippen molar-refractivity contribution in [2.75, 3.05) is 17.7 Å². The molecule has 122 valence electrons. The van der Waals surface area contributed by atoms with E-state index in [9.17, 15) is 22.6 Å². The number of esters is 1. The van der Waals surface area contributed by atoms with Crippen molar-refractivity contribution in [3.05, 3.63) is 22.3 Å². The Balaban J connectivity index is 3.08. The minimum Gasteiger partial charge on any atom is -0.748 e. The number of hydrogen-bond acceptors (Lipinski definition) is 6. The van der Waals surface area contributed by atoms with Crippen molar-refractivity contribution in [3.63, 3.8) is 0 Å². The topological polar surface area (TPSA) is 113 Å². The summed E-state index contributed by atoms with van der Waals surface area (Å²) in [5, 5.41) is 2.63. The molecule has 0 bridgehead atoms. The first kappa shape index (κ1) is 20.3. The number of halogens is 3. The number of hydrogen-bond donors (Lipinski definition) is 1. The van der Waals surface area contributed by atoms with Crippen LogP contribution in [-0.4, -0.2) is 37.2 Å². The van der Waals surface area contributed by atoms with Crippen LogP contribution >= 0.6 is 67.8 Å². The highest BCUT2D eigenvalue weighted by molar-refractivity contribution is 14.1. The lowest BCUT2D eigenvalue weighted by atomic mass is 10.2. The van der Waals surface area contributed by atoms with Crippen molar-refractivity contribution in [3.8, 4) is 0 Å². The first-order valence-corrected chi connectivity index (χ1v) is 10.4. The lowest BCUT2D eigenvalue weighted by Crippen LogP contribution is -2.18. The van der Waals surface area contributed by atoms with Crippen LogP contribution in [0.1, 0.15) is 17.3 Å². The number of anilines is 1. The average molecular weight is 664 g/mol. The van der Waals surface area contributed by atoms with Gasteiger partial charge in [-0.1, -0.05) is 0 Å². The summed E-state index contributed by atoms with van der Waals surface area (Å²) in [6, 6.07) is 1.69. The molecule has 7 nitrogen and oxygen atoms in total. The number of carbonyl (C=O) groups is 2. The van der Waals surface area contributed by atoms with Crippen LogP contribution in [0.2, 0.25) is 0 Å². The molecule has 0 spiro atoms. The van der Waals surface area contributed by atoms with E-state index in [1.54, 1.807) is 6.07 Å². The molecule has 1 aromatic carbocycles. The molecular weight excluding hydrogens is 655 g/mol. The second-order valence-electron chi connectivity index (χ2n) is 3.98. The van der Waals surface area contributed by atoms with Crippen LogP contribution in [0, 0.1) is 10.7 Å².